The Hall–Kier alpha value is -4.33. The molecule has 3 amide bonds. The molecule has 0 aliphatic rings. The average molecular weight is 429 g/mol. The van der Waals surface area contributed by atoms with E-state index >= 15 is 0 Å². The van der Waals surface area contributed by atoms with Crippen LogP contribution in [0.2, 0.25) is 0 Å². The number of nitrogens with one attached hydrogen (secondary N) is 3. The molecule has 0 bridgehead atoms. The first-order chi connectivity index (χ1) is 15.5. The van der Waals surface area contributed by atoms with E-state index in [1.807, 2.05) is 56.3 Å². The van der Waals surface area contributed by atoms with Crippen molar-refractivity contribution in [1.29, 1.82) is 0 Å². The van der Waals surface area contributed by atoms with Gasteiger partial charge in [-0.05, 0) is 55.8 Å². The number of carbonyl (C=O) groups is 2. The highest BCUT2D eigenvalue weighted by molar-refractivity contribution is 6.02. The molecule has 0 saturated carbocycles. The highest BCUT2D eigenvalue weighted by Gasteiger charge is 2.15. The fourth-order valence-corrected chi connectivity index (χ4v) is 3.34. The molecule has 0 fully saturated rings. The van der Waals surface area contributed by atoms with Crippen molar-refractivity contribution in [2.45, 2.75) is 20.4 Å². The summed E-state index contributed by atoms with van der Waals surface area (Å²) in [6, 6.07) is 19.9. The fourth-order valence-electron chi connectivity index (χ4n) is 3.34. The average Bonchev–Trinajstić information content (AvgIpc) is 3.43. The van der Waals surface area contributed by atoms with Crippen LogP contribution in [-0.2, 0) is 6.54 Å². The molecular formula is C24H23N5O3. The van der Waals surface area contributed by atoms with Crippen LogP contribution in [0.25, 0.3) is 5.69 Å². The third-order valence-electron chi connectivity index (χ3n) is 4.91. The van der Waals surface area contributed by atoms with Gasteiger partial charge < -0.3 is 20.4 Å². The van der Waals surface area contributed by atoms with E-state index in [2.05, 4.69) is 21.0 Å². The van der Waals surface area contributed by atoms with Gasteiger partial charge in [0.1, 0.15) is 0 Å². The molecule has 0 radical (unpaired) electrons. The number of urea groups is 1. The van der Waals surface area contributed by atoms with Crippen molar-refractivity contribution in [3.05, 3.63) is 95.7 Å². The zero-order valence-corrected chi connectivity index (χ0v) is 17.8. The second-order valence-corrected chi connectivity index (χ2v) is 7.23. The second kappa shape index (κ2) is 9.22. The van der Waals surface area contributed by atoms with Crippen LogP contribution < -0.4 is 16.0 Å². The Balaban J connectivity index is 1.38. The number of carbonyl (C=O) groups excluding carboxylic acids is 2. The van der Waals surface area contributed by atoms with Gasteiger partial charge in [0.15, 0.2) is 5.76 Å². The summed E-state index contributed by atoms with van der Waals surface area (Å²) in [6.07, 6.45) is 1.45. The Morgan fingerprint density at radius 1 is 0.969 bits per heavy atom. The summed E-state index contributed by atoms with van der Waals surface area (Å²) in [4.78, 5) is 24.6. The molecule has 0 spiro atoms. The molecule has 2 aromatic carbocycles. The first kappa shape index (κ1) is 20.9. The molecule has 0 aliphatic carbocycles. The third-order valence-corrected chi connectivity index (χ3v) is 4.91. The Kier molecular flexibility index (Phi) is 6.03. The highest BCUT2D eigenvalue weighted by atomic mass is 16.3. The first-order valence-corrected chi connectivity index (χ1v) is 10.1. The summed E-state index contributed by atoms with van der Waals surface area (Å²) >= 11 is 0. The number of aryl methyl sites for hydroxylation is 1. The van der Waals surface area contributed by atoms with E-state index < -0.39 is 0 Å². The molecule has 0 saturated heterocycles. The normalized spacial score (nSPS) is 10.6. The maximum absolute atomic E-state index is 12.5. The fraction of sp³-hybridized carbons (Fsp3) is 0.125. The number of para-hydroxylation sites is 1. The maximum atomic E-state index is 12.5. The number of anilines is 2. The summed E-state index contributed by atoms with van der Waals surface area (Å²) in [5.74, 6) is -0.103. The minimum atomic E-state index is -0.339. The molecular weight excluding hydrogens is 406 g/mol. The number of hydrogen-bond donors (Lipinski definition) is 3. The Labute approximate surface area is 185 Å². The number of benzene rings is 2. The van der Waals surface area contributed by atoms with Crippen LogP contribution in [0.4, 0.5) is 16.2 Å². The van der Waals surface area contributed by atoms with Crippen LogP contribution in [0.3, 0.4) is 0 Å². The van der Waals surface area contributed by atoms with E-state index in [0.717, 1.165) is 22.6 Å². The molecule has 162 valence electrons. The van der Waals surface area contributed by atoms with Crippen molar-refractivity contribution in [3.63, 3.8) is 0 Å². The Morgan fingerprint density at radius 3 is 2.53 bits per heavy atom. The minimum absolute atomic E-state index is 0.231. The smallest absolute Gasteiger partial charge is 0.319 e. The van der Waals surface area contributed by atoms with Gasteiger partial charge in [-0.2, -0.15) is 5.10 Å². The molecule has 2 heterocycles. The maximum Gasteiger partial charge on any atom is 0.319 e. The summed E-state index contributed by atoms with van der Waals surface area (Å²) in [6.45, 7) is 4.06. The zero-order valence-electron chi connectivity index (χ0n) is 17.8. The second-order valence-electron chi connectivity index (χ2n) is 7.23. The minimum Gasteiger partial charge on any atom is -0.459 e. The van der Waals surface area contributed by atoms with Crippen molar-refractivity contribution >= 4 is 23.3 Å². The van der Waals surface area contributed by atoms with Gasteiger partial charge in [0.25, 0.3) is 5.91 Å². The van der Waals surface area contributed by atoms with E-state index in [4.69, 9.17) is 4.42 Å². The Bertz CT molecular complexity index is 1230. The van der Waals surface area contributed by atoms with Crippen LogP contribution in [0.15, 0.2) is 77.4 Å². The quantitative estimate of drug-likeness (QED) is 0.415. The predicted octanol–water partition coefficient (Wildman–Crippen LogP) is 4.66. The summed E-state index contributed by atoms with van der Waals surface area (Å²) in [5, 5.41) is 13.0. The summed E-state index contributed by atoms with van der Waals surface area (Å²) in [5.41, 5.74) is 4.61. The molecule has 3 N–H and O–H groups in total. The Morgan fingerprint density at radius 2 is 1.78 bits per heavy atom. The van der Waals surface area contributed by atoms with Crippen molar-refractivity contribution < 1.29 is 14.0 Å². The van der Waals surface area contributed by atoms with Gasteiger partial charge in [-0.25, -0.2) is 9.48 Å². The number of aromatic nitrogens is 2. The lowest BCUT2D eigenvalue weighted by Gasteiger charge is -2.10. The number of rotatable bonds is 6. The monoisotopic (exact) mass is 429 g/mol. The van der Waals surface area contributed by atoms with E-state index in [0.29, 0.717) is 17.9 Å². The SMILES string of the molecule is Cc1nn(-c2ccccc2)c(C)c1NC(=O)NCc1cccc(NC(=O)c2ccco2)c1. The van der Waals surface area contributed by atoms with E-state index in [1.54, 1.807) is 28.9 Å². The predicted molar refractivity (Wildman–Crippen MR) is 122 cm³/mol. The van der Waals surface area contributed by atoms with Crippen LogP contribution in [0.5, 0.6) is 0 Å². The van der Waals surface area contributed by atoms with Gasteiger partial charge in [-0.1, -0.05) is 30.3 Å². The first-order valence-electron chi connectivity index (χ1n) is 10.1. The van der Waals surface area contributed by atoms with Crippen molar-refractivity contribution in [1.82, 2.24) is 15.1 Å². The lowest BCUT2D eigenvalue weighted by atomic mass is 10.2. The standard InChI is InChI=1S/C24H23N5O3/c1-16-22(17(2)29(28-16)20-10-4-3-5-11-20)27-24(31)25-15-18-8-6-9-19(14-18)26-23(30)21-12-7-13-32-21/h3-14H,15H2,1-2H3,(H,26,30)(H2,25,27,31). The van der Waals surface area contributed by atoms with Gasteiger partial charge >= 0.3 is 6.03 Å². The molecule has 8 heteroatoms. The van der Waals surface area contributed by atoms with Gasteiger partial charge in [0.2, 0.25) is 0 Å². The number of hydrogen-bond acceptors (Lipinski definition) is 4. The van der Waals surface area contributed by atoms with Gasteiger partial charge in [-0.3, -0.25) is 4.79 Å². The van der Waals surface area contributed by atoms with Gasteiger partial charge in [-0.15, -0.1) is 0 Å². The van der Waals surface area contributed by atoms with Crippen LogP contribution in [0, 0.1) is 13.8 Å². The van der Waals surface area contributed by atoms with Crippen molar-refractivity contribution in [2.75, 3.05) is 10.6 Å². The molecule has 0 aliphatic heterocycles. The number of amides is 3. The summed E-state index contributed by atoms with van der Waals surface area (Å²) < 4.78 is 6.90. The summed E-state index contributed by atoms with van der Waals surface area (Å²) in [7, 11) is 0. The largest absolute Gasteiger partial charge is 0.459 e. The topological polar surface area (TPSA) is 101 Å². The highest BCUT2D eigenvalue weighted by Crippen LogP contribution is 2.22. The molecule has 4 rings (SSSR count). The van der Waals surface area contributed by atoms with Gasteiger partial charge in [0, 0.05) is 12.2 Å². The molecule has 0 unspecified atom stereocenters. The van der Waals surface area contributed by atoms with Crippen LogP contribution in [-0.4, -0.2) is 21.7 Å². The molecule has 0 atom stereocenters. The molecule has 8 nitrogen and oxygen atoms in total. The van der Waals surface area contributed by atoms with Crippen LogP contribution >= 0.6 is 0 Å². The molecule has 2 aromatic heterocycles. The molecule has 4 aromatic rings. The molecule has 32 heavy (non-hydrogen) atoms. The van der Waals surface area contributed by atoms with Gasteiger partial charge in [0.05, 0.1) is 29.0 Å². The lowest BCUT2D eigenvalue weighted by molar-refractivity contribution is 0.0996. The van der Waals surface area contributed by atoms with Crippen molar-refractivity contribution in [3.8, 4) is 5.69 Å². The van der Waals surface area contributed by atoms with E-state index in [-0.39, 0.29) is 17.7 Å². The lowest BCUT2D eigenvalue weighted by Crippen LogP contribution is -2.28. The van der Waals surface area contributed by atoms with Crippen molar-refractivity contribution in [2.24, 2.45) is 0 Å². The van der Waals surface area contributed by atoms with E-state index in [1.165, 1.54) is 6.26 Å². The number of furan rings is 1. The van der Waals surface area contributed by atoms with E-state index in [9.17, 15) is 9.59 Å². The van der Waals surface area contributed by atoms with Crippen LogP contribution in [0.1, 0.15) is 27.5 Å². The zero-order chi connectivity index (χ0) is 22.5. The third kappa shape index (κ3) is 4.70. The number of nitrogens with zero attached hydrogens (tertiary/aromatic N) is 2.